The number of ether oxygens (including phenoxy) is 1. The summed E-state index contributed by atoms with van der Waals surface area (Å²) < 4.78 is 10.7. The largest absolute Gasteiger partial charge is 0.464 e. The molecular formula is C17H12Cl2O3. The van der Waals surface area contributed by atoms with Crippen molar-refractivity contribution in [2.45, 2.75) is 13.3 Å². The minimum atomic E-state index is -0.410. The highest BCUT2D eigenvalue weighted by Gasteiger charge is 2.14. The number of esters is 1. The van der Waals surface area contributed by atoms with Crippen LogP contribution < -0.4 is 4.74 Å². The number of carbonyl (C=O) groups excluding carboxylic acids is 1. The van der Waals surface area contributed by atoms with Crippen LogP contribution in [-0.4, -0.2) is 5.97 Å². The van der Waals surface area contributed by atoms with Crippen molar-refractivity contribution in [3.63, 3.8) is 0 Å². The monoisotopic (exact) mass is 334 g/mol. The molecular weight excluding hydrogens is 323 g/mol. The maximum absolute atomic E-state index is 12.1. The van der Waals surface area contributed by atoms with Crippen LogP contribution >= 0.6 is 23.2 Å². The summed E-state index contributed by atoms with van der Waals surface area (Å²) in [5.74, 6) is -0.118. The molecule has 5 heteroatoms. The molecule has 0 aliphatic carbocycles. The molecule has 0 N–H and O–H groups in total. The summed E-state index contributed by atoms with van der Waals surface area (Å²) in [7, 11) is 0. The molecule has 112 valence electrons. The normalized spacial score (nSPS) is 10.9. The molecule has 0 atom stereocenters. The number of furan rings is 1. The summed E-state index contributed by atoms with van der Waals surface area (Å²) in [5.41, 5.74) is 2.64. The van der Waals surface area contributed by atoms with Crippen molar-refractivity contribution in [1.82, 2.24) is 0 Å². The number of rotatable bonds is 3. The zero-order chi connectivity index (χ0) is 15.7. The molecule has 0 aliphatic heterocycles. The second-order valence-electron chi connectivity index (χ2n) is 4.99. The van der Waals surface area contributed by atoms with Gasteiger partial charge in [0, 0.05) is 16.0 Å². The van der Waals surface area contributed by atoms with E-state index in [1.165, 1.54) is 6.07 Å². The standard InChI is InChI=1S/C17H12Cl2O3/c1-10-2-4-13-11(9-21-16(13)6-10)7-17(20)22-15-5-3-12(18)8-14(15)19/h2-6,8-9H,7H2,1H3. The van der Waals surface area contributed by atoms with Crippen LogP contribution in [0.2, 0.25) is 10.0 Å². The SMILES string of the molecule is Cc1ccc2c(CC(=O)Oc3ccc(Cl)cc3Cl)coc2c1. The first-order valence-corrected chi connectivity index (χ1v) is 7.41. The van der Waals surface area contributed by atoms with Crippen molar-refractivity contribution < 1.29 is 13.9 Å². The fourth-order valence-electron chi connectivity index (χ4n) is 2.20. The molecule has 22 heavy (non-hydrogen) atoms. The van der Waals surface area contributed by atoms with E-state index in [0.29, 0.717) is 15.8 Å². The number of carbonyl (C=O) groups is 1. The molecule has 1 aromatic heterocycles. The number of fused-ring (bicyclic) bond motifs is 1. The van der Waals surface area contributed by atoms with Crippen LogP contribution in [-0.2, 0) is 11.2 Å². The maximum atomic E-state index is 12.1. The maximum Gasteiger partial charge on any atom is 0.315 e. The van der Waals surface area contributed by atoms with Gasteiger partial charge >= 0.3 is 5.97 Å². The summed E-state index contributed by atoms with van der Waals surface area (Å²) in [4.78, 5) is 12.1. The van der Waals surface area contributed by atoms with Gasteiger partial charge in [0.15, 0.2) is 0 Å². The van der Waals surface area contributed by atoms with Crippen LogP contribution in [0.3, 0.4) is 0 Å². The Hall–Kier alpha value is -1.97. The summed E-state index contributed by atoms with van der Waals surface area (Å²) in [6.07, 6.45) is 1.68. The first-order chi connectivity index (χ1) is 10.5. The summed E-state index contributed by atoms with van der Waals surface area (Å²) in [6.45, 7) is 1.98. The number of hydrogen-bond donors (Lipinski definition) is 0. The number of hydrogen-bond acceptors (Lipinski definition) is 3. The second-order valence-corrected chi connectivity index (χ2v) is 5.83. The molecule has 0 spiro atoms. The Balaban J connectivity index is 1.78. The van der Waals surface area contributed by atoms with E-state index in [4.69, 9.17) is 32.4 Å². The molecule has 0 unspecified atom stereocenters. The molecule has 0 aliphatic rings. The predicted octanol–water partition coefficient (Wildman–Crippen LogP) is 5.20. The van der Waals surface area contributed by atoms with Gasteiger partial charge in [-0.3, -0.25) is 4.79 Å². The Labute approximate surface area is 137 Å². The molecule has 0 saturated carbocycles. The average Bonchev–Trinajstić information content (AvgIpc) is 2.84. The highest BCUT2D eigenvalue weighted by molar-refractivity contribution is 6.35. The fraction of sp³-hybridized carbons (Fsp3) is 0.118. The van der Waals surface area contributed by atoms with Gasteiger partial charge in [-0.15, -0.1) is 0 Å². The van der Waals surface area contributed by atoms with E-state index in [9.17, 15) is 4.79 Å². The van der Waals surface area contributed by atoms with Crippen LogP contribution in [0.1, 0.15) is 11.1 Å². The third-order valence-corrected chi connectivity index (χ3v) is 3.79. The van der Waals surface area contributed by atoms with Gasteiger partial charge in [0.1, 0.15) is 11.3 Å². The fourth-order valence-corrected chi connectivity index (χ4v) is 2.65. The molecule has 3 aromatic rings. The average molecular weight is 335 g/mol. The highest BCUT2D eigenvalue weighted by atomic mass is 35.5. The van der Waals surface area contributed by atoms with Gasteiger partial charge in [-0.25, -0.2) is 0 Å². The van der Waals surface area contributed by atoms with E-state index >= 15 is 0 Å². The van der Waals surface area contributed by atoms with Gasteiger partial charge in [-0.2, -0.15) is 0 Å². The molecule has 0 amide bonds. The summed E-state index contributed by atoms with van der Waals surface area (Å²) >= 11 is 11.8. The lowest BCUT2D eigenvalue weighted by Crippen LogP contribution is -2.11. The highest BCUT2D eigenvalue weighted by Crippen LogP contribution is 2.28. The number of halogens is 2. The first kappa shape index (κ1) is 14.9. The lowest BCUT2D eigenvalue weighted by atomic mass is 10.1. The van der Waals surface area contributed by atoms with Gasteiger partial charge < -0.3 is 9.15 Å². The predicted molar refractivity (Wildman–Crippen MR) is 86.8 cm³/mol. The van der Waals surface area contributed by atoms with Crippen molar-refractivity contribution in [2.24, 2.45) is 0 Å². The van der Waals surface area contributed by atoms with Gasteiger partial charge in [0.05, 0.1) is 17.7 Å². The van der Waals surface area contributed by atoms with E-state index < -0.39 is 5.97 Å². The minimum Gasteiger partial charge on any atom is -0.464 e. The third kappa shape index (κ3) is 3.11. The second kappa shape index (κ2) is 6.03. The summed E-state index contributed by atoms with van der Waals surface area (Å²) in [5, 5.41) is 1.69. The Kier molecular flexibility index (Phi) is 4.10. The molecule has 3 nitrogen and oxygen atoms in total. The van der Waals surface area contributed by atoms with Crippen molar-refractivity contribution in [3.05, 3.63) is 63.8 Å². The Morgan fingerprint density at radius 1 is 1.18 bits per heavy atom. The van der Waals surface area contributed by atoms with Gasteiger partial charge in [0.2, 0.25) is 0 Å². The molecule has 2 aromatic carbocycles. The minimum absolute atomic E-state index is 0.106. The Morgan fingerprint density at radius 3 is 2.77 bits per heavy atom. The Bertz CT molecular complexity index is 852. The van der Waals surface area contributed by atoms with Gasteiger partial charge in [-0.1, -0.05) is 35.3 Å². The summed E-state index contributed by atoms with van der Waals surface area (Å²) in [6, 6.07) is 10.6. The van der Waals surface area contributed by atoms with E-state index in [2.05, 4.69) is 0 Å². The molecule has 3 rings (SSSR count). The van der Waals surface area contributed by atoms with Crippen LogP contribution in [0.25, 0.3) is 11.0 Å². The first-order valence-electron chi connectivity index (χ1n) is 6.65. The van der Waals surface area contributed by atoms with Crippen LogP contribution in [0.15, 0.2) is 47.1 Å². The topological polar surface area (TPSA) is 39.4 Å². The molecule has 1 heterocycles. The third-order valence-electron chi connectivity index (χ3n) is 3.26. The number of benzene rings is 2. The lowest BCUT2D eigenvalue weighted by Gasteiger charge is -2.06. The van der Waals surface area contributed by atoms with E-state index in [1.54, 1.807) is 18.4 Å². The van der Waals surface area contributed by atoms with Crippen LogP contribution in [0.4, 0.5) is 0 Å². The molecule has 0 fully saturated rings. The van der Waals surface area contributed by atoms with Gasteiger partial charge in [-0.05, 0) is 36.8 Å². The lowest BCUT2D eigenvalue weighted by molar-refractivity contribution is -0.133. The molecule has 0 bridgehead atoms. The number of aryl methyl sites for hydroxylation is 1. The van der Waals surface area contributed by atoms with E-state index in [1.807, 2.05) is 25.1 Å². The zero-order valence-electron chi connectivity index (χ0n) is 11.7. The van der Waals surface area contributed by atoms with Crippen molar-refractivity contribution in [2.75, 3.05) is 0 Å². The van der Waals surface area contributed by atoms with Crippen LogP contribution in [0, 0.1) is 6.92 Å². The molecule has 0 radical (unpaired) electrons. The zero-order valence-corrected chi connectivity index (χ0v) is 13.2. The smallest absolute Gasteiger partial charge is 0.315 e. The van der Waals surface area contributed by atoms with Crippen molar-refractivity contribution in [3.8, 4) is 5.75 Å². The van der Waals surface area contributed by atoms with Crippen molar-refractivity contribution in [1.29, 1.82) is 0 Å². The quantitative estimate of drug-likeness (QED) is 0.488. The van der Waals surface area contributed by atoms with Crippen LogP contribution in [0.5, 0.6) is 5.75 Å². The van der Waals surface area contributed by atoms with E-state index in [0.717, 1.165) is 22.1 Å². The van der Waals surface area contributed by atoms with E-state index in [-0.39, 0.29) is 6.42 Å². The Morgan fingerprint density at radius 2 is 2.00 bits per heavy atom. The molecule has 0 saturated heterocycles. The van der Waals surface area contributed by atoms with Crippen molar-refractivity contribution >= 4 is 40.1 Å². The van der Waals surface area contributed by atoms with Gasteiger partial charge in [0.25, 0.3) is 0 Å².